The second-order valence-electron chi connectivity index (χ2n) is 4.53. The minimum Gasteiger partial charge on any atom is -0.465 e. The molecule has 0 aliphatic rings. The summed E-state index contributed by atoms with van der Waals surface area (Å²) in [5.74, 6) is -0.400. The molecular weight excluding hydrogens is 260 g/mol. The van der Waals surface area contributed by atoms with Crippen LogP contribution in [0.25, 0.3) is 0 Å². The molecule has 1 aromatic heterocycles. The molecule has 110 valence electrons. The fraction of sp³-hybridized carbons (Fsp3) is 0.462. The molecule has 0 spiro atoms. The number of nitrogens with one attached hydrogen (secondary N) is 1. The number of aromatic nitrogens is 1. The molecule has 0 aromatic carbocycles. The maximum absolute atomic E-state index is 11.7. The van der Waals surface area contributed by atoms with Crippen molar-refractivity contribution in [3.63, 3.8) is 0 Å². The minimum absolute atomic E-state index is 0.0769. The average Bonchev–Trinajstić information content (AvgIpc) is 2.44. The minimum atomic E-state index is -0.515. The number of hydrogen-bond acceptors (Lipinski definition) is 6. The zero-order chi connectivity index (χ0) is 15.3. The highest BCUT2D eigenvalue weighted by Crippen LogP contribution is 2.20. The van der Waals surface area contributed by atoms with Crippen LogP contribution in [0.3, 0.4) is 0 Å². The lowest BCUT2D eigenvalue weighted by Gasteiger charge is -2.23. The van der Waals surface area contributed by atoms with E-state index in [0.717, 1.165) is 0 Å². The molecule has 20 heavy (non-hydrogen) atoms. The van der Waals surface area contributed by atoms with Gasteiger partial charge in [0.15, 0.2) is 0 Å². The summed E-state index contributed by atoms with van der Waals surface area (Å²) >= 11 is 0. The van der Waals surface area contributed by atoms with Gasteiger partial charge in [0.1, 0.15) is 11.4 Å². The van der Waals surface area contributed by atoms with Crippen LogP contribution in [-0.4, -0.2) is 44.6 Å². The normalized spacial score (nSPS) is 11.6. The quantitative estimate of drug-likeness (QED) is 0.751. The molecule has 1 heterocycles. The average molecular weight is 280 g/mol. The molecule has 1 unspecified atom stereocenters. The van der Waals surface area contributed by atoms with Gasteiger partial charge in [-0.2, -0.15) is 0 Å². The fourth-order valence-electron chi connectivity index (χ4n) is 1.86. The zero-order valence-corrected chi connectivity index (χ0v) is 12.1. The van der Waals surface area contributed by atoms with Crippen LogP contribution in [0.1, 0.15) is 17.3 Å². The van der Waals surface area contributed by atoms with Crippen molar-refractivity contribution in [2.45, 2.75) is 6.92 Å². The molecule has 0 radical (unpaired) electrons. The number of hydrogen-bond donors (Lipinski definition) is 2. The van der Waals surface area contributed by atoms with Gasteiger partial charge < -0.3 is 20.7 Å². The summed E-state index contributed by atoms with van der Waals surface area (Å²) in [7, 11) is 4.63. The predicted molar refractivity (Wildman–Crippen MR) is 76.5 cm³/mol. The Morgan fingerprint density at radius 1 is 1.55 bits per heavy atom. The van der Waals surface area contributed by atoms with Crippen LogP contribution >= 0.6 is 0 Å². The third-order valence-corrected chi connectivity index (χ3v) is 2.90. The van der Waals surface area contributed by atoms with Gasteiger partial charge in [0, 0.05) is 20.6 Å². The van der Waals surface area contributed by atoms with E-state index in [1.165, 1.54) is 19.4 Å². The Labute approximate surface area is 118 Å². The topological polar surface area (TPSA) is 97.5 Å². The van der Waals surface area contributed by atoms with E-state index in [1.54, 1.807) is 25.9 Å². The monoisotopic (exact) mass is 280 g/mol. The van der Waals surface area contributed by atoms with E-state index in [1.807, 2.05) is 0 Å². The van der Waals surface area contributed by atoms with Crippen LogP contribution in [0.4, 0.5) is 11.5 Å². The van der Waals surface area contributed by atoms with E-state index >= 15 is 0 Å². The van der Waals surface area contributed by atoms with Crippen molar-refractivity contribution < 1.29 is 14.3 Å². The number of nitrogen functional groups attached to an aromatic ring is 1. The van der Waals surface area contributed by atoms with Crippen LogP contribution in [-0.2, 0) is 9.53 Å². The first kappa shape index (κ1) is 15.7. The van der Waals surface area contributed by atoms with Gasteiger partial charge in [-0.25, -0.2) is 9.78 Å². The molecular formula is C13H20N4O3. The highest BCUT2D eigenvalue weighted by Gasteiger charge is 2.20. The number of nitrogens with two attached hydrogens (primary N) is 1. The standard InChI is InChI=1S/C13H20N4O3/c1-8(12(18)15-2)7-17(3)11-10(13(19)20-4)5-9(14)6-16-11/h5-6,8H,7,14H2,1-4H3,(H,15,18). The molecule has 0 saturated heterocycles. The number of amides is 1. The molecule has 1 rings (SSSR count). The second-order valence-corrected chi connectivity index (χ2v) is 4.53. The summed E-state index contributed by atoms with van der Waals surface area (Å²) in [6, 6.07) is 1.51. The van der Waals surface area contributed by atoms with Gasteiger partial charge in [-0.1, -0.05) is 6.92 Å². The first-order valence-corrected chi connectivity index (χ1v) is 6.17. The van der Waals surface area contributed by atoms with Crippen molar-refractivity contribution >= 4 is 23.4 Å². The summed E-state index contributed by atoms with van der Waals surface area (Å²) in [6.45, 7) is 2.21. The lowest BCUT2D eigenvalue weighted by atomic mass is 10.1. The van der Waals surface area contributed by atoms with Gasteiger partial charge in [-0.05, 0) is 6.07 Å². The summed E-state index contributed by atoms with van der Waals surface area (Å²) in [4.78, 5) is 29.2. The molecule has 0 saturated carbocycles. The molecule has 7 nitrogen and oxygen atoms in total. The number of esters is 1. The number of nitrogens with zero attached hydrogens (tertiary/aromatic N) is 2. The number of pyridine rings is 1. The Morgan fingerprint density at radius 3 is 2.75 bits per heavy atom. The van der Waals surface area contributed by atoms with E-state index in [9.17, 15) is 9.59 Å². The summed E-state index contributed by atoms with van der Waals surface area (Å²) in [5.41, 5.74) is 6.29. The van der Waals surface area contributed by atoms with Crippen LogP contribution < -0.4 is 16.0 Å². The first-order valence-electron chi connectivity index (χ1n) is 6.17. The Morgan fingerprint density at radius 2 is 2.20 bits per heavy atom. The third-order valence-electron chi connectivity index (χ3n) is 2.90. The lowest BCUT2D eigenvalue weighted by Crippen LogP contribution is -2.35. The number of rotatable bonds is 5. The van der Waals surface area contributed by atoms with E-state index in [2.05, 4.69) is 10.3 Å². The second kappa shape index (κ2) is 6.74. The van der Waals surface area contributed by atoms with Crippen molar-refractivity contribution in [3.05, 3.63) is 17.8 Å². The van der Waals surface area contributed by atoms with Gasteiger partial charge in [-0.3, -0.25) is 4.79 Å². The highest BCUT2D eigenvalue weighted by molar-refractivity contribution is 5.95. The summed E-state index contributed by atoms with van der Waals surface area (Å²) in [5, 5.41) is 2.58. The van der Waals surface area contributed by atoms with Gasteiger partial charge in [0.2, 0.25) is 5.91 Å². The van der Waals surface area contributed by atoms with Crippen LogP contribution in [0, 0.1) is 5.92 Å². The molecule has 0 fully saturated rings. The maximum atomic E-state index is 11.7. The smallest absolute Gasteiger partial charge is 0.341 e. The molecule has 3 N–H and O–H groups in total. The molecule has 1 amide bonds. The molecule has 0 bridgehead atoms. The number of carbonyl (C=O) groups is 2. The number of anilines is 2. The Kier molecular flexibility index (Phi) is 5.31. The van der Waals surface area contributed by atoms with Crippen molar-refractivity contribution in [1.29, 1.82) is 0 Å². The number of ether oxygens (including phenoxy) is 1. The largest absolute Gasteiger partial charge is 0.465 e. The van der Waals surface area contributed by atoms with Gasteiger partial charge in [-0.15, -0.1) is 0 Å². The van der Waals surface area contributed by atoms with Crippen molar-refractivity contribution in [3.8, 4) is 0 Å². The molecule has 1 atom stereocenters. The first-order chi connectivity index (χ1) is 9.40. The highest BCUT2D eigenvalue weighted by atomic mass is 16.5. The Balaban J connectivity index is 3.00. The SMILES string of the molecule is CNC(=O)C(C)CN(C)c1ncc(N)cc1C(=O)OC. The van der Waals surface area contributed by atoms with Crippen LogP contribution in [0.2, 0.25) is 0 Å². The molecule has 7 heteroatoms. The van der Waals surface area contributed by atoms with E-state index in [-0.39, 0.29) is 17.4 Å². The molecule has 1 aromatic rings. The lowest BCUT2D eigenvalue weighted by molar-refractivity contribution is -0.123. The predicted octanol–water partition coefficient (Wildman–Crippen LogP) is 0.269. The van der Waals surface area contributed by atoms with Crippen molar-refractivity contribution in [2.24, 2.45) is 5.92 Å². The Hall–Kier alpha value is -2.31. The fourth-order valence-corrected chi connectivity index (χ4v) is 1.86. The van der Waals surface area contributed by atoms with E-state index in [0.29, 0.717) is 18.1 Å². The van der Waals surface area contributed by atoms with Crippen LogP contribution in [0.15, 0.2) is 12.3 Å². The zero-order valence-electron chi connectivity index (χ0n) is 12.1. The van der Waals surface area contributed by atoms with Crippen molar-refractivity contribution in [1.82, 2.24) is 10.3 Å². The molecule has 0 aliphatic carbocycles. The third kappa shape index (κ3) is 3.59. The molecule has 0 aliphatic heterocycles. The summed E-state index contributed by atoms with van der Waals surface area (Å²) in [6.07, 6.45) is 1.46. The number of carbonyl (C=O) groups excluding carboxylic acids is 2. The van der Waals surface area contributed by atoms with Gasteiger partial charge in [0.25, 0.3) is 0 Å². The van der Waals surface area contributed by atoms with Crippen LogP contribution in [0.5, 0.6) is 0 Å². The Bertz CT molecular complexity index is 504. The van der Waals surface area contributed by atoms with E-state index in [4.69, 9.17) is 10.5 Å². The van der Waals surface area contributed by atoms with E-state index < -0.39 is 5.97 Å². The van der Waals surface area contributed by atoms with Gasteiger partial charge >= 0.3 is 5.97 Å². The summed E-state index contributed by atoms with van der Waals surface area (Å²) < 4.78 is 4.72. The van der Waals surface area contributed by atoms with Gasteiger partial charge in [0.05, 0.1) is 24.9 Å². The number of methoxy groups -OCH3 is 1. The van der Waals surface area contributed by atoms with Crippen molar-refractivity contribution in [2.75, 3.05) is 38.4 Å². The maximum Gasteiger partial charge on any atom is 0.341 e.